The fourth-order valence-corrected chi connectivity index (χ4v) is 4.11. The summed E-state index contributed by atoms with van der Waals surface area (Å²) in [5, 5.41) is 12.7. The number of anilines is 1. The average Bonchev–Trinajstić information content (AvgIpc) is 3.04. The lowest BCUT2D eigenvalue weighted by Crippen LogP contribution is -2.42. The molecular formula is C23H25N7O. The maximum atomic E-state index is 12.7. The van der Waals surface area contributed by atoms with Gasteiger partial charge in [-0.1, -0.05) is 42.5 Å². The van der Waals surface area contributed by atoms with Gasteiger partial charge in [0.25, 0.3) is 0 Å². The Labute approximate surface area is 180 Å². The summed E-state index contributed by atoms with van der Waals surface area (Å²) in [5.41, 5.74) is 2.82. The Balaban J connectivity index is 1.35. The van der Waals surface area contributed by atoms with Gasteiger partial charge in [0.15, 0.2) is 5.65 Å². The van der Waals surface area contributed by atoms with Crippen LogP contribution in [0.3, 0.4) is 0 Å². The van der Waals surface area contributed by atoms with Crippen LogP contribution in [0.5, 0.6) is 0 Å². The number of urea groups is 1. The molecule has 5 rings (SSSR count). The predicted molar refractivity (Wildman–Crippen MR) is 120 cm³/mol. The molecule has 158 valence electrons. The second-order valence-electron chi connectivity index (χ2n) is 7.81. The number of aromatic nitrogens is 4. The number of aryl methyl sites for hydroxylation is 1. The molecule has 2 amide bonds. The smallest absolute Gasteiger partial charge is 0.317 e. The van der Waals surface area contributed by atoms with Gasteiger partial charge in [0.1, 0.15) is 5.82 Å². The summed E-state index contributed by atoms with van der Waals surface area (Å²) in [6, 6.07) is 18.0. The minimum atomic E-state index is -0.0252. The van der Waals surface area contributed by atoms with Gasteiger partial charge in [0, 0.05) is 38.1 Å². The predicted octanol–water partition coefficient (Wildman–Crippen LogP) is 3.01. The summed E-state index contributed by atoms with van der Waals surface area (Å²) < 4.78 is 2.02. The van der Waals surface area contributed by atoms with E-state index in [-0.39, 0.29) is 6.03 Å². The Hall–Kier alpha value is -3.68. The van der Waals surface area contributed by atoms with Crippen LogP contribution in [0.15, 0.2) is 54.6 Å². The SMILES string of the molecule is Cc1nnc2c3ccccc3nc(N3CCCN(C(=O)NCc4ccccc4)CC3)n12. The zero-order valence-corrected chi connectivity index (χ0v) is 17.5. The van der Waals surface area contributed by atoms with Crippen LogP contribution in [0.2, 0.25) is 0 Å². The number of carbonyl (C=O) groups is 1. The molecule has 8 nitrogen and oxygen atoms in total. The van der Waals surface area contributed by atoms with E-state index in [4.69, 9.17) is 4.98 Å². The molecule has 3 heterocycles. The summed E-state index contributed by atoms with van der Waals surface area (Å²) in [6.45, 7) is 5.36. The molecule has 1 fully saturated rings. The van der Waals surface area contributed by atoms with Crippen molar-refractivity contribution < 1.29 is 4.79 Å². The standard InChI is InChI=1S/C23H25N7O/c1-17-26-27-21-19-10-5-6-11-20(19)25-22(30(17)21)28-12-7-13-29(15-14-28)23(31)24-16-18-8-3-2-4-9-18/h2-6,8-11H,7,12-16H2,1H3,(H,24,31). The van der Waals surface area contributed by atoms with Crippen molar-refractivity contribution in [2.75, 3.05) is 31.1 Å². The normalized spacial score (nSPS) is 14.7. The van der Waals surface area contributed by atoms with Crippen LogP contribution in [0.1, 0.15) is 17.8 Å². The molecule has 0 unspecified atom stereocenters. The van der Waals surface area contributed by atoms with Gasteiger partial charge in [-0.2, -0.15) is 0 Å². The fourth-order valence-electron chi connectivity index (χ4n) is 4.11. The second-order valence-corrected chi connectivity index (χ2v) is 7.81. The zero-order valence-electron chi connectivity index (χ0n) is 17.5. The first-order valence-corrected chi connectivity index (χ1v) is 10.6. The van der Waals surface area contributed by atoms with Gasteiger partial charge in [0.05, 0.1) is 5.52 Å². The quantitative estimate of drug-likeness (QED) is 0.557. The van der Waals surface area contributed by atoms with Gasteiger partial charge < -0.3 is 15.1 Å². The number of amides is 2. The third kappa shape index (κ3) is 3.76. The summed E-state index contributed by atoms with van der Waals surface area (Å²) in [5.74, 6) is 1.65. The van der Waals surface area contributed by atoms with Crippen LogP contribution in [0, 0.1) is 6.92 Å². The van der Waals surface area contributed by atoms with Gasteiger partial charge >= 0.3 is 6.03 Å². The Bertz CT molecular complexity index is 1220. The maximum Gasteiger partial charge on any atom is 0.317 e. The van der Waals surface area contributed by atoms with Gasteiger partial charge in [-0.25, -0.2) is 14.2 Å². The molecule has 31 heavy (non-hydrogen) atoms. The van der Waals surface area contributed by atoms with Crippen LogP contribution in [-0.2, 0) is 6.54 Å². The summed E-state index contributed by atoms with van der Waals surface area (Å²) in [6.07, 6.45) is 0.871. The van der Waals surface area contributed by atoms with E-state index >= 15 is 0 Å². The van der Waals surface area contributed by atoms with Crippen molar-refractivity contribution in [2.45, 2.75) is 19.9 Å². The molecule has 0 spiro atoms. The van der Waals surface area contributed by atoms with Crippen LogP contribution in [0.4, 0.5) is 10.7 Å². The molecule has 0 saturated carbocycles. The van der Waals surface area contributed by atoms with Crippen molar-refractivity contribution in [3.63, 3.8) is 0 Å². The van der Waals surface area contributed by atoms with Crippen molar-refractivity contribution in [3.8, 4) is 0 Å². The molecule has 2 aromatic carbocycles. The Morgan fingerprint density at radius 2 is 1.77 bits per heavy atom. The number of fused-ring (bicyclic) bond motifs is 3. The molecule has 2 aromatic heterocycles. The molecule has 8 heteroatoms. The van der Waals surface area contributed by atoms with Crippen molar-refractivity contribution in [1.82, 2.24) is 29.8 Å². The number of benzene rings is 2. The molecule has 0 aliphatic carbocycles. The Morgan fingerprint density at radius 3 is 2.65 bits per heavy atom. The van der Waals surface area contributed by atoms with E-state index in [9.17, 15) is 4.79 Å². The van der Waals surface area contributed by atoms with E-state index < -0.39 is 0 Å². The number of nitrogens with zero attached hydrogens (tertiary/aromatic N) is 6. The van der Waals surface area contributed by atoms with Crippen LogP contribution < -0.4 is 10.2 Å². The largest absolute Gasteiger partial charge is 0.340 e. The highest BCUT2D eigenvalue weighted by atomic mass is 16.2. The monoisotopic (exact) mass is 415 g/mol. The highest BCUT2D eigenvalue weighted by Gasteiger charge is 2.23. The van der Waals surface area contributed by atoms with Crippen LogP contribution in [0.25, 0.3) is 16.6 Å². The van der Waals surface area contributed by atoms with Gasteiger partial charge in [-0.15, -0.1) is 10.2 Å². The molecule has 1 aliphatic rings. The lowest BCUT2D eigenvalue weighted by molar-refractivity contribution is 0.201. The molecular weight excluding hydrogens is 390 g/mol. The lowest BCUT2D eigenvalue weighted by atomic mass is 10.2. The number of rotatable bonds is 3. The number of nitrogens with one attached hydrogen (secondary N) is 1. The van der Waals surface area contributed by atoms with Crippen molar-refractivity contribution in [2.24, 2.45) is 0 Å². The van der Waals surface area contributed by atoms with Gasteiger partial charge in [-0.05, 0) is 31.0 Å². The van der Waals surface area contributed by atoms with E-state index in [0.717, 1.165) is 53.4 Å². The van der Waals surface area contributed by atoms with E-state index in [1.165, 1.54) is 0 Å². The van der Waals surface area contributed by atoms with Gasteiger partial charge in [0.2, 0.25) is 5.95 Å². The molecule has 4 aromatic rings. The number of para-hydroxylation sites is 1. The molecule has 0 bridgehead atoms. The first-order valence-electron chi connectivity index (χ1n) is 10.6. The molecule has 1 saturated heterocycles. The van der Waals surface area contributed by atoms with Crippen molar-refractivity contribution in [3.05, 3.63) is 66.0 Å². The van der Waals surface area contributed by atoms with E-state index in [1.807, 2.05) is 70.8 Å². The summed E-state index contributed by atoms with van der Waals surface area (Å²) in [7, 11) is 0. The Morgan fingerprint density at radius 1 is 0.968 bits per heavy atom. The molecule has 0 radical (unpaired) electrons. The number of carbonyl (C=O) groups excluding carboxylic acids is 1. The molecule has 0 atom stereocenters. The zero-order chi connectivity index (χ0) is 21.2. The van der Waals surface area contributed by atoms with E-state index in [2.05, 4.69) is 20.4 Å². The topological polar surface area (TPSA) is 78.7 Å². The first-order chi connectivity index (χ1) is 15.2. The summed E-state index contributed by atoms with van der Waals surface area (Å²) >= 11 is 0. The lowest BCUT2D eigenvalue weighted by Gasteiger charge is -2.24. The first kappa shape index (κ1) is 19.3. The third-order valence-electron chi connectivity index (χ3n) is 5.74. The van der Waals surface area contributed by atoms with E-state index in [1.54, 1.807) is 0 Å². The number of hydrogen-bond donors (Lipinski definition) is 1. The van der Waals surface area contributed by atoms with Crippen LogP contribution >= 0.6 is 0 Å². The third-order valence-corrected chi connectivity index (χ3v) is 5.74. The van der Waals surface area contributed by atoms with Gasteiger partial charge in [-0.3, -0.25) is 0 Å². The van der Waals surface area contributed by atoms with Crippen molar-refractivity contribution >= 4 is 28.5 Å². The summed E-state index contributed by atoms with van der Waals surface area (Å²) in [4.78, 5) is 21.8. The van der Waals surface area contributed by atoms with Crippen LogP contribution in [-0.4, -0.2) is 56.7 Å². The van der Waals surface area contributed by atoms with E-state index in [0.29, 0.717) is 19.6 Å². The fraction of sp³-hybridized carbons (Fsp3) is 0.304. The molecule has 1 aliphatic heterocycles. The average molecular weight is 416 g/mol. The molecule has 1 N–H and O–H groups in total. The minimum Gasteiger partial charge on any atom is -0.340 e. The highest BCUT2D eigenvalue weighted by Crippen LogP contribution is 2.24. The minimum absolute atomic E-state index is 0.0252. The number of hydrogen-bond acceptors (Lipinski definition) is 5. The highest BCUT2D eigenvalue weighted by molar-refractivity contribution is 5.92. The second kappa shape index (κ2) is 8.22. The Kier molecular flexibility index (Phi) is 5.11. The van der Waals surface area contributed by atoms with Crippen molar-refractivity contribution in [1.29, 1.82) is 0 Å². The maximum absolute atomic E-state index is 12.7.